The van der Waals surface area contributed by atoms with Gasteiger partial charge in [-0.2, -0.15) is 0 Å². The summed E-state index contributed by atoms with van der Waals surface area (Å²) in [5, 5.41) is 3.65. The summed E-state index contributed by atoms with van der Waals surface area (Å²) in [6, 6.07) is -0.822. The Kier molecular flexibility index (Phi) is 4.37. The number of nitrogens with zero attached hydrogens (tertiary/aromatic N) is 3. The van der Waals surface area contributed by atoms with Crippen LogP contribution in [0, 0.1) is 0 Å². The normalized spacial score (nSPS) is 19.7. The van der Waals surface area contributed by atoms with Crippen molar-refractivity contribution in [2.24, 2.45) is 0 Å². The van der Waals surface area contributed by atoms with Crippen molar-refractivity contribution in [2.75, 3.05) is 0 Å². The molecule has 0 bridgehead atoms. The van der Waals surface area contributed by atoms with Crippen LogP contribution in [0.1, 0.15) is 16.7 Å². The van der Waals surface area contributed by atoms with E-state index in [1.807, 2.05) is 0 Å². The molecule has 0 spiro atoms. The number of hydrogen-bond acceptors (Lipinski definition) is 3. The summed E-state index contributed by atoms with van der Waals surface area (Å²) in [6.45, 7) is 0. The molecule has 102 valence electrons. The van der Waals surface area contributed by atoms with Crippen LogP contribution in [0.4, 0.5) is 4.48 Å². The molecule has 1 aliphatic rings. The number of halogens is 5. The smallest absolute Gasteiger partial charge is 0.262 e. The molecule has 4 nitrogen and oxygen atoms in total. The van der Waals surface area contributed by atoms with Crippen molar-refractivity contribution in [1.29, 1.82) is 0 Å². The van der Waals surface area contributed by atoms with Gasteiger partial charge in [-0.1, -0.05) is 69.2 Å². The Morgan fingerprint density at radius 2 is 2.05 bits per heavy atom. The van der Waals surface area contributed by atoms with Crippen LogP contribution >= 0.6 is 58.6 Å². The minimum absolute atomic E-state index is 0.106. The molecule has 1 aliphatic carbocycles. The molecule has 1 atom stereocenters. The molecule has 1 heterocycles. The van der Waals surface area contributed by atoms with Crippen molar-refractivity contribution < 1.29 is 4.48 Å². The zero-order chi connectivity index (χ0) is 14.3. The van der Waals surface area contributed by atoms with Gasteiger partial charge in [0.15, 0.2) is 10.7 Å². The molecule has 2 rings (SSSR count). The van der Waals surface area contributed by atoms with Gasteiger partial charge in [0.2, 0.25) is 0 Å². The summed E-state index contributed by atoms with van der Waals surface area (Å²) >= 11 is 28.1. The largest absolute Gasteiger partial charge is 0.376 e. The van der Waals surface area contributed by atoms with Gasteiger partial charge >= 0.3 is 5.69 Å². The lowest BCUT2D eigenvalue weighted by Gasteiger charge is -2.20. The van der Waals surface area contributed by atoms with Crippen LogP contribution in [0.25, 0.3) is 0 Å². The standard InChI is InChI=1S/C9H4Cl4FN3OS/c10-3-1-2-4(6(19)5(3)11)16-8(7(12)13)15-17(14)9(16)18/h1-2,4,7H. The molecule has 0 amide bonds. The van der Waals surface area contributed by atoms with Crippen LogP contribution in [0.15, 0.2) is 27.0 Å². The van der Waals surface area contributed by atoms with E-state index in [0.717, 1.165) is 4.57 Å². The first kappa shape index (κ1) is 15.0. The van der Waals surface area contributed by atoms with Gasteiger partial charge in [0.1, 0.15) is 0 Å². The van der Waals surface area contributed by atoms with E-state index in [4.69, 9.17) is 58.6 Å². The summed E-state index contributed by atoms with van der Waals surface area (Å²) in [5.41, 5.74) is -1.05. The molecule has 0 aromatic carbocycles. The van der Waals surface area contributed by atoms with Crippen molar-refractivity contribution in [2.45, 2.75) is 10.9 Å². The van der Waals surface area contributed by atoms with Crippen molar-refractivity contribution in [3.63, 3.8) is 0 Å². The predicted octanol–water partition coefficient (Wildman–Crippen LogP) is 3.42. The second-order valence-electron chi connectivity index (χ2n) is 3.50. The maximum atomic E-state index is 13.2. The van der Waals surface area contributed by atoms with Gasteiger partial charge in [-0.3, -0.25) is 4.57 Å². The molecule has 0 N–H and O–H groups in total. The van der Waals surface area contributed by atoms with Crippen molar-refractivity contribution in [3.05, 3.63) is 38.5 Å². The van der Waals surface area contributed by atoms with Crippen LogP contribution in [0.3, 0.4) is 0 Å². The summed E-state index contributed by atoms with van der Waals surface area (Å²) in [4.78, 5) is 10.3. The third-order valence-corrected chi connectivity index (χ3v) is 4.16. The average Bonchev–Trinajstić information content (AvgIpc) is 2.64. The van der Waals surface area contributed by atoms with E-state index in [-0.39, 0.29) is 25.7 Å². The number of thiocarbonyl (C=S) groups is 1. The fourth-order valence-corrected chi connectivity index (χ4v) is 2.56. The zero-order valence-corrected chi connectivity index (χ0v) is 12.7. The monoisotopic (exact) mass is 361 g/mol. The van der Waals surface area contributed by atoms with Gasteiger partial charge in [0.25, 0.3) is 0 Å². The maximum absolute atomic E-state index is 13.2. The molecule has 0 radical (unpaired) electrons. The Hall–Kier alpha value is -0.400. The Morgan fingerprint density at radius 1 is 1.42 bits per heavy atom. The van der Waals surface area contributed by atoms with Gasteiger partial charge in [-0.05, 0) is 11.0 Å². The number of hydrogen-bond donors (Lipinski definition) is 0. The van der Waals surface area contributed by atoms with Crippen LogP contribution < -0.4 is 5.69 Å². The highest BCUT2D eigenvalue weighted by molar-refractivity contribution is 7.81. The SMILES string of the molecule is O=c1n(F)nc(C(Cl)Cl)n1C1C=CC(Cl)=C(Cl)C1=S. The van der Waals surface area contributed by atoms with Crippen molar-refractivity contribution in [1.82, 2.24) is 14.6 Å². The molecule has 1 aromatic heterocycles. The minimum atomic E-state index is -1.19. The summed E-state index contributed by atoms with van der Waals surface area (Å²) in [7, 11) is 0. The molecule has 0 aliphatic heterocycles. The quantitative estimate of drug-likeness (QED) is 0.597. The number of aromatic nitrogens is 3. The summed E-state index contributed by atoms with van der Waals surface area (Å²) < 4.78 is 14.2. The Labute approximate surface area is 131 Å². The van der Waals surface area contributed by atoms with E-state index in [1.54, 1.807) is 0 Å². The number of rotatable bonds is 2. The Morgan fingerprint density at radius 3 is 2.63 bits per heavy atom. The second kappa shape index (κ2) is 5.54. The van der Waals surface area contributed by atoms with E-state index < -0.39 is 16.6 Å². The van der Waals surface area contributed by atoms with Gasteiger partial charge in [0, 0.05) is 0 Å². The molecule has 1 unspecified atom stereocenters. The molecule has 1 aromatic rings. The first-order valence-corrected chi connectivity index (χ1v) is 6.81. The van der Waals surface area contributed by atoms with Crippen LogP contribution in [-0.4, -0.2) is 19.4 Å². The van der Waals surface area contributed by atoms with Gasteiger partial charge in [-0.25, -0.2) is 4.79 Å². The molecule has 0 saturated heterocycles. The highest BCUT2D eigenvalue weighted by Gasteiger charge is 2.29. The second-order valence-corrected chi connectivity index (χ2v) is 5.82. The lowest BCUT2D eigenvalue weighted by molar-refractivity contribution is 0.297. The van der Waals surface area contributed by atoms with Crippen LogP contribution in [-0.2, 0) is 0 Å². The van der Waals surface area contributed by atoms with Gasteiger partial charge in [0.05, 0.1) is 21.0 Å². The van der Waals surface area contributed by atoms with E-state index in [1.165, 1.54) is 12.2 Å². The molecule has 0 fully saturated rings. The molecular formula is C9H4Cl4FN3OS. The fourth-order valence-electron chi connectivity index (χ4n) is 1.57. The Bertz CT molecular complexity index is 663. The highest BCUT2D eigenvalue weighted by Crippen LogP contribution is 2.32. The lowest BCUT2D eigenvalue weighted by Crippen LogP contribution is -2.30. The van der Waals surface area contributed by atoms with Crippen molar-refractivity contribution in [3.8, 4) is 0 Å². The summed E-state index contributed by atoms with van der Waals surface area (Å²) in [5.74, 6) is -0.171. The van der Waals surface area contributed by atoms with E-state index in [9.17, 15) is 9.28 Å². The zero-order valence-electron chi connectivity index (χ0n) is 8.86. The van der Waals surface area contributed by atoms with Crippen LogP contribution in [0.2, 0.25) is 0 Å². The van der Waals surface area contributed by atoms with E-state index in [2.05, 4.69) is 5.10 Å². The van der Waals surface area contributed by atoms with Gasteiger partial charge < -0.3 is 0 Å². The average molecular weight is 363 g/mol. The van der Waals surface area contributed by atoms with Crippen LogP contribution in [0.5, 0.6) is 0 Å². The first-order chi connectivity index (χ1) is 8.84. The maximum Gasteiger partial charge on any atom is 0.376 e. The predicted molar refractivity (Wildman–Crippen MR) is 76.9 cm³/mol. The lowest BCUT2D eigenvalue weighted by atomic mass is 10.1. The third kappa shape index (κ3) is 2.60. The van der Waals surface area contributed by atoms with E-state index >= 15 is 0 Å². The minimum Gasteiger partial charge on any atom is -0.262 e. The summed E-state index contributed by atoms with van der Waals surface area (Å²) in [6.07, 6.45) is 2.94. The molecule has 10 heteroatoms. The molecule has 19 heavy (non-hydrogen) atoms. The number of allylic oxidation sites excluding steroid dienone is 4. The fraction of sp³-hybridized carbons (Fsp3) is 0.222. The first-order valence-electron chi connectivity index (χ1n) is 4.78. The van der Waals surface area contributed by atoms with Gasteiger partial charge in [-0.15, -0.1) is 5.10 Å². The molecule has 0 saturated carbocycles. The highest BCUT2D eigenvalue weighted by atomic mass is 35.5. The number of alkyl halides is 2. The Balaban J connectivity index is 2.59. The molecular weight excluding hydrogens is 359 g/mol. The topological polar surface area (TPSA) is 39.8 Å². The van der Waals surface area contributed by atoms with Crippen molar-refractivity contribution >= 4 is 63.5 Å². The third-order valence-electron chi connectivity index (χ3n) is 2.39. The van der Waals surface area contributed by atoms with E-state index in [0.29, 0.717) is 0 Å².